The standard InChI is InChI=1S/C11H18BrNO3/c1-2-9(12)10(14)13-5-3-4-11(8-13)15-6-7-16-11/h9H,2-8H2,1H3. The van der Waals surface area contributed by atoms with E-state index >= 15 is 0 Å². The molecule has 1 unspecified atom stereocenters. The lowest BCUT2D eigenvalue weighted by Crippen LogP contribution is -2.52. The van der Waals surface area contributed by atoms with Gasteiger partial charge in [-0.15, -0.1) is 0 Å². The Morgan fingerprint density at radius 2 is 2.19 bits per heavy atom. The lowest BCUT2D eigenvalue weighted by Gasteiger charge is -2.39. The number of alkyl halides is 1. The molecular formula is C11H18BrNO3. The highest BCUT2D eigenvalue weighted by Crippen LogP contribution is 2.30. The topological polar surface area (TPSA) is 38.8 Å². The van der Waals surface area contributed by atoms with E-state index in [1.54, 1.807) is 0 Å². The maximum absolute atomic E-state index is 12.0. The van der Waals surface area contributed by atoms with Crippen LogP contribution >= 0.6 is 15.9 Å². The van der Waals surface area contributed by atoms with Crippen LogP contribution in [0.5, 0.6) is 0 Å². The average molecular weight is 292 g/mol. The molecule has 5 heteroatoms. The van der Waals surface area contributed by atoms with Crippen molar-refractivity contribution in [3.8, 4) is 0 Å². The van der Waals surface area contributed by atoms with Crippen LogP contribution < -0.4 is 0 Å². The summed E-state index contributed by atoms with van der Waals surface area (Å²) in [6.07, 6.45) is 2.66. The number of piperidine rings is 1. The predicted molar refractivity (Wildman–Crippen MR) is 63.5 cm³/mol. The molecule has 2 heterocycles. The predicted octanol–water partition coefficient (Wildman–Crippen LogP) is 1.53. The Morgan fingerprint density at radius 1 is 1.50 bits per heavy atom. The zero-order valence-corrected chi connectivity index (χ0v) is 11.2. The Balaban J connectivity index is 1.98. The van der Waals surface area contributed by atoms with Crippen molar-refractivity contribution in [3.63, 3.8) is 0 Å². The van der Waals surface area contributed by atoms with Gasteiger partial charge in [-0.3, -0.25) is 4.79 Å². The normalized spacial score (nSPS) is 26.0. The van der Waals surface area contributed by atoms with E-state index in [0.717, 1.165) is 25.8 Å². The maximum Gasteiger partial charge on any atom is 0.236 e. The van der Waals surface area contributed by atoms with Gasteiger partial charge in [0.05, 0.1) is 24.6 Å². The number of ether oxygens (including phenoxy) is 2. The van der Waals surface area contributed by atoms with Gasteiger partial charge in [-0.1, -0.05) is 22.9 Å². The Bertz CT molecular complexity index is 266. The average Bonchev–Trinajstić information content (AvgIpc) is 2.75. The van der Waals surface area contributed by atoms with Gasteiger partial charge in [-0.25, -0.2) is 0 Å². The molecule has 1 spiro atoms. The van der Waals surface area contributed by atoms with Gasteiger partial charge in [0, 0.05) is 13.0 Å². The van der Waals surface area contributed by atoms with Gasteiger partial charge in [0.1, 0.15) is 0 Å². The van der Waals surface area contributed by atoms with E-state index in [9.17, 15) is 4.79 Å². The van der Waals surface area contributed by atoms with Gasteiger partial charge in [0.25, 0.3) is 0 Å². The van der Waals surface area contributed by atoms with Gasteiger partial charge < -0.3 is 14.4 Å². The molecule has 0 N–H and O–H groups in total. The molecule has 1 amide bonds. The van der Waals surface area contributed by atoms with Gasteiger partial charge in [-0.2, -0.15) is 0 Å². The molecule has 2 saturated heterocycles. The molecule has 2 aliphatic heterocycles. The maximum atomic E-state index is 12.0. The highest BCUT2D eigenvalue weighted by Gasteiger charge is 2.42. The first-order valence-corrected chi connectivity index (χ1v) is 6.79. The van der Waals surface area contributed by atoms with E-state index in [1.165, 1.54) is 0 Å². The molecule has 92 valence electrons. The molecular weight excluding hydrogens is 274 g/mol. The Kier molecular flexibility index (Phi) is 3.87. The summed E-state index contributed by atoms with van der Waals surface area (Å²) in [4.78, 5) is 13.8. The minimum absolute atomic E-state index is 0.0796. The van der Waals surface area contributed by atoms with Crippen molar-refractivity contribution in [2.24, 2.45) is 0 Å². The van der Waals surface area contributed by atoms with Crippen molar-refractivity contribution in [1.29, 1.82) is 0 Å². The second-order valence-electron chi connectivity index (χ2n) is 4.35. The van der Waals surface area contributed by atoms with E-state index in [0.29, 0.717) is 19.8 Å². The van der Waals surface area contributed by atoms with Crippen LogP contribution in [0.2, 0.25) is 0 Å². The van der Waals surface area contributed by atoms with E-state index in [1.807, 2.05) is 11.8 Å². The minimum Gasteiger partial charge on any atom is -0.346 e. The summed E-state index contributed by atoms with van der Waals surface area (Å²) >= 11 is 3.40. The summed E-state index contributed by atoms with van der Waals surface area (Å²) in [7, 11) is 0. The highest BCUT2D eigenvalue weighted by molar-refractivity contribution is 9.10. The van der Waals surface area contributed by atoms with Crippen LogP contribution in [0.25, 0.3) is 0 Å². The minimum atomic E-state index is -0.506. The molecule has 2 fully saturated rings. The summed E-state index contributed by atoms with van der Waals surface area (Å²) in [6, 6.07) is 0. The van der Waals surface area contributed by atoms with Crippen LogP contribution in [-0.2, 0) is 14.3 Å². The second-order valence-corrected chi connectivity index (χ2v) is 5.45. The zero-order chi connectivity index (χ0) is 11.6. The van der Waals surface area contributed by atoms with Crippen LogP contribution in [0.4, 0.5) is 0 Å². The van der Waals surface area contributed by atoms with Crippen LogP contribution in [0.15, 0.2) is 0 Å². The van der Waals surface area contributed by atoms with E-state index in [-0.39, 0.29) is 10.7 Å². The molecule has 0 aromatic carbocycles. The lowest BCUT2D eigenvalue weighted by molar-refractivity contribution is -0.192. The number of hydrogen-bond acceptors (Lipinski definition) is 3. The summed E-state index contributed by atoms with van der Waals surface area (Å²) in [5.41, 5.74) is 0. The molecule has 0 bridgehead atoms. The first-order chi connectivity index (χ1) is 7.67. The third-order valence-electron chi connectivity index (χ3n) is 3.17. The first-order valence-electron chi connectivity index (χ1n) is 5.88. The Hall–Kier alpha value is -0.130. The Morgan fingerprint density at radius 3 is 2.81 bits per heavy atom. The summed E-state index contributed by atoms with van der Waals surface area (Å²) in [5, 5.41) is 0. The molecule has 4 nitrogen and oxygen atoms in total. The van der Waals surface area contributed by atoms with E-state index in [4.69, 9.17) is 9.47 Å². The van der Waals surface area contributed by atoms with Gasteiger partial charge >= 0.3 is 0 Å². The summed E-state index contributed by atoms with van der Waals surface area (Å²) < 4.78 is 11.3. The number of carbonyl (C=O) groups is 1. The van der Waals surface area contributed by atoms with Crippen molar-refractivity contribution in [1.82, 2.24) is 4.90 Å². The number of hydrogen-bond donors (Lipinski definition) is 0. The molecule has 1 atom stereocenters. The number of halogens is 1. The van der Waals surface area contributed by atoms with Crippen molar-refractivity contribution < 1.29 is 14.3 Å². The smallest absolute Gasteiger partial charge is 0.236 e. The van der Waals surface area contributed by atoms with Crippen LogP contribution in [0.3, 0.4) is 0 Å². The van der Waals surface area contributed by atoms with Crippen molar-refractivity contribution in [3.05, 3.63) is 0 Å². The lowest BCUT2D eigenvalue weighted by atomic mass is 10.0. The number of likely N-dealkylation sites (tertiary alicyclic amines) is 1. The fraction of sp³-hybridized carbons (Fsp3) is 0.909. The third-order valence-corrected chi connectivity index (χ3v) is 4.21. The van der Waals surface area contributed by atoms with Crippen molar-refractivity contribution in [2.75, 3.05) is 26.3 Å². The molecule has 0 aromatic rings. The Labute approximate surface area is 104 Å². The summed E-state index contributed by atoms with van der Waals surface area (Å²) in [5.74, 6) is -0.352. The number of carbonyl (C=O) groups excluding carboxylic acids is 1. The molecule has 2 aliphatic rings. The van der Waals surface area contributed by atoms with Gasteiger partial charge in [0.15, 0.2) is 5.79 Å². The number of nitrogens with zero attached hydrogens (tertiary/aromatic N) is 1. The SMILES string of the molecule is CCC(Br)C(=O)N1CCCC2(C1)OCCO2. The highest BCUT2D eigenvalue weighted by atomic mass is 79.9. The fourth-order valence-electron chi connectivity index (χ4n) is 2.28. The molecule has 0 aromatic heterocycles. The summed E-state index contributed by atoms with van der Waals surface area (Å²) in [6.45, 7) is 4.68. The molecule has 16 heavy (non-hydrogen) atoms. The fourth-order valence-corrected chi connectivity index (χ4v) is 2.57. The van der Waals surface area contributed by atoms with Crippen LogP contribution in [0.1, 0.15) is 26.2 Å². The monoisotopic (exact) mass is 291 g/mol. The van der Waals surface area contributed by atoms with E-state index in [2.05, 4.69) is 15.9 Å². The number of rotatable bonds is 2. The van der Waals surface area contributed by atoms with Crippen molar-refractivity contribution >= 4 is 21.8 Å². The molecule has 0 aliphatic carbocycles. The van der Waals surface area contributed by atoms with Crippen LogP contribution in [0, 0.1) is 0 Å². The number of amides is 1. The van der Waals surface area contributed by atoms with Crippen molar-refractivity contribution in [2.45, 2.75) is 36.8 Å². The molecule has 0 saturated carbocycles. The second kappa shape index (κ2) is 5.02. The van der Waals surface area contributed by atoms with Gasteiger partial charge in [-0.05, 0) is 12.8 Å². The zero-order valence-electron chi connectivity index (χ0n) is 9.58. The quantitative estimate of drug-likeness (QED) is 0.724. The van der Waals surface area contributed by atoms with Crippen LogP contribution in [-0.4, -0.2) is 47.7 Å². The van der Waals surface area contributed by atoms with E-state index < -0.39 is 5.79 Å². The van der Waals surface area contributed by atoms with Gasteiger partial charge in [0.2, 0.25) is 5.91 Å². The molecule has 0 radical (unpaired) electrons. The first kappa shape index (κ1) is 12.3. The third kappa shape index (κ3) is 2.41. The largest absolute Gasteiger partial charge is 0.346 e. The molecule has 2 rings (SSSR count).